The average molecular weight is 245 g/mol. The molecule has 1 aliphatic carbocycles. The highest BCUT2D eigenvalue weighted by atomic mass is 16.3. The van der Waals surface area contributed by atoms with Crippen molar-refractivity contribution in [3.05, 3.63) is 48.6 Å². The molecule has 0 unspecified atom stereocenters. The largest absolute Gasteiger partial charge is 0.510 e. The van der Waals surface area contributed by atoms with Crippen molar-refractivity contribution >= 4 is 5.78 Å². The second-order valence-corrected chi connectivity index (χ2v) is 4.18. The first kappa shape index (κ1) is 10.8. The number of allylic oxidation sites excluding steroid dienone is 2. The minimum absolute atomic E-state index is 0.0156. The van der Waals surface area contributed by atoms with Crippen molar-refractivity contribution in [3.8, 4) is 0 Å². The van der Waals surface area contributed by atoms with Gasteiger partial charge in [0.1, 0.15) is 30.2 Å². The van der Waals surface area contributed by atoms with Gasteiger partial charge in [-0.05, 0) is 12.1 Å². The van der Waals surface area contributed by atoms with Crippen molar-refractivity contribution in [2.75, 3.05) is 0 Å². The molecule has 0 spiro atoms. The lowest BCUT2D eigenvalue weighted by atomic mass is 9.85. The Hall–Kier alpha value is -2.37. The van der Waals surface area contributed by atoms with Crippen LogP contribution in [0.1, 0.15) is 24.1 Å². The number of rotatable bonds is 2. The first-order chi connectivity index (χ1) is 8.75. The van der Waals surface area contributed by atoms with Crippen molar-refractivity contribution < 1.29 is 14.3 Å². The molecule has 0 aliphatic heterocycles. The number of nitrogens with zero attached hydrogens (tertiary/aromatic N) is 3. The smallest absolute Gasteiger partial charge is 0.159 e. The molecule has 0 aromatic carbocycles. The van der Waals surface area contributed by atoms with Gasteiger partial charge in [-0.1, -0.05) is 0 Å². The molecule has 2 heterocycles. The summed E-state index contributed by atoms with van der Waals surface area (Å²) in [6.45, 7) is 0. The van der Waals surface area contributed by atoms with Crippen LogP contribution in [-0.2, 0) is 4.79 Å². The second kappa shape index (κ2) is 4.14. The zero-order valence-corrected chi connectivity index (χ0v) is 9.43. The van der Waals surface area contributed by atoms with E-state index < -0.39 is 6.04 Å². The zero-order valence-electron chi connectivity index (χ0n) is 9.43. The van der Waals surface area contributed by atoms with Gasteiger partial charge in [0.25, 0.3) is 0 Å². The molecule has 0 saturated heterocycles. The van der Waals surface area contributed by atoms with Crippen LogP contribution in [-0.4, -0.2) is 25.7 Å². The predicted molar refractivity (Wildman–Crippen MR) is 60.8 cm³/mol. The molecule has 6 heteroatoms. The van der Waals surface area contributed by atoms with Gasteiger partial charge in [0.15, 0.2) is 5.78 Å². The van der Waals surface area contributed by atoms with E-state index in [2.05, 4.69) is 10.1 Å². The molecular formula is C12H11N3O3. The van der Waals surface area contributed by atoms with E-state index in [1.54, 1.807) is 18.4 Å². The number of ketones is 1. The molecule has 92 valence electrons. The summed E-state index contributed by atoms with van der Waals surface area (Å²) in [5.74, 6) is 0.256. The molecule has 2 aromatic heterocycles. The molecule has 0 fully saturated rings. The van der Waals surface area contributed by atoms with Crippen LogP contribution in [0.15, 0.2) is 47.3 Å². The van der Waals surface area contributed by atoms with Gasteiger partial charge in [0.2, 0.25) is 0 Å². The fourth-order valence-electron chi connectivity index (χ4n) is 2.28. The van der Waals surface area contributed by atoms with Gasteiger partial charge in [-0.15, -0.1) is 0 Å². The molecule has 0 saturated carbocycles. The predicted octanol–water partition coefficient (Wildman–Crippen LogP) is 1.61. The Morgan fingerprint density at radius 2 is 2.39 bits per heavy atom. The molecule has 1 aliphatic rings. The standard InChI is InChI=1S/C12H11N3O3/c16-8-4-9(11-2-1-3-18-11)12(10(17)5-8)15-7-13-6-14-15/h1-3,5-7,9,12,17H,4H2/t9-,12+/m1/s1. The van der Waals surface area contributed by atoms with Crippen molar-refractivity contribution in [2.24, 2.45) is 0 Å². The Labute approximate surface area is 103 Å². The Morgan fingerprint density at radius 1 is 1.50 bits per heavy atom. The lowest BCUT2D eigenvalue weighted by Crippen LogP contribution is -2.26. The summed E-state index contributed by atoms with van der Waals surface area (Å²) in [4.78, 5) is 15.4. The van der Waals surface area contributed by atoms with Crippen LogP contribution in [0, 0.1) is 0 Å². The van der Waals surface area contributed by atoms with Crippen LogP contribution in [0.4, 0.5) is 0 Å². The highest BCUT2D eigenvalue weighted by Crippen LogP contribution is 2.38. The fourth-order valence-corrected chi connectivity index (χ4v) is 2.28. The van der Waals surface area contributed by atoms with E-state index in [4.69, 9.17) is 4.42 Å². The van der Waals surface area contributed by atoms with E-state index in [1.165, 1.54) is 23.4 Å². The van der Waals surface area contributed by atoms with E-state index in [0.29, 0.717) is 5.76 Å². The SMILES string of the molecule is O=C1C=C(O)[C@@H](n2cncn2)[C@@H](c2ccco2)C1. The topological polar surface area (TPSA) is 81.1 Å². The minimum Gasteiger partial charge on any atom is -0.510 e. The molecule has 18 heavy (non-hydrogen) atoms. The number of carbonyl (C=O) groups excluding carboxylic acids is 1. The third-order valence-corrected chi connectivity index (χ3v) is 3.04. The van der Waals surface area contributed by atoms with Crippen LogP contribution in [0.25, 0.3) is 0 Å². The molecule has 0 amide bonds. The third kappa shape index (κ3) is 1.71. The molecule has 1 N–H and O–H groups in total. The summed E-state index contributed by atoms with van der Waals surface area (Å²) in [5.41, 5.74) is 0. The zero-order chi connectivity index (χ0) is 12.5. The molecular weight excluding hydrogens is 234 g/mol. The summed E-state index contributed by atoms with van der Waals surface area (Å²) in [6.07, 6.45) is 5.98. The van der Waals surface area contributed by atoms with E-state index >= 15 is 0 Å². The van der Waals surface area contributed by atoms with Crippen molar-refractivity contribution in [3.63, 3.8) is 0 Å². The van der Waals surface area contributed by atoms with E-state index in [0.717, 1.165) is 0 Å². The summed E-state index contributed by atoms with van der Waals surface area (Å²) in [7, 11) is 0. The van der Waals surface area contributed by atoms with Crippen molar-refractivity contribution in [2.45, 2.75) is 18.4 Å². The quantitative estimate of drug-likeness (QED) is 0.869. The maximum atomic E-state index is 11.6. The Kier molecular flexibility index (Phi) is 2.47. The van der Waals surface area contributed by atoms with Crippen LogP contribution < -0.4 is 0 Å². The van der Waals surface area contributed by atoms with Crippen LogP contribution in [0.2, 0.25) is 0 Å². The van der Waals surface area contributed by atoms with Gasteiger partial charge >= 0.3 is 0 Å². The second-order valence-electron chi connectivity index (χ2n) is 4.18. The summed E-state index contributed by atoms with van der Waals surface area (Å²) in [5, 5.41) is 14.0. The highest BCUT2D eigenvalue weighted by molar-refractivity contribution is 5.91. The summed E-state index contributed by atoms with van der Waals surface area (Å²) in [6, 6.07) is 3.10. The third-order valence-electron chi connectivity index (χ3n) is 3.04. The molecule has 6 nitrogen and oxygen atoms in total. The van der Waals surface area contributed by atoms with Crippen molar-refractivity contribution in [1.82, 2.24) is 14.8 Å². The number of hydrogen-bond acceptors (Lipinski definition) is 5. The number of hydrogen-bond donors (Lipinski definition) is 1. The maximum Gasteiger partial charge on any atom is 0.159 e. The fraction of sp³-hybridized carbons (Fsp3) is 0.250. The number of aliphatic hydroxyl groups is 1. The molecule has 2 aromatic rings. The van der Waals surface area contributed by atoms with Gasteiger partial charge in [-0.3, -0.25) is 4.79 Å². The van der Waals surface area contributed by atoms with E-state index in [1.807, 2.05) is 0 Å². The maximum absolute atomic E-state index is 11.6. The Balaban J connectivity index is 2.05. The lowest BCUT2D eigenvalue weighted by molar-refractivity contribution is -0.116. The van der Waals surface area contributed by atoms with Crippen LogP contribution in [0.5, 0.6) is 0 Å². The Bertz CT molecular complexity index is 572. The number of aliphatic hydroxyl groups excluding tert-OH is 1. The van der Waals surface area contributed by atoms with Gasteiger partial charge < -0.3 is 9.52 Å². The minimum atomic E-state index is -0.448. The van der Waals surface area contributed by atoms with E-state index in [9.17, 15) is 9.90 Å². The van der Waals surface area contributed by atoms with Gasteiger partial charge in [-0.25, -0.2) is 9.67 Å². The molecule has 0 radical (unpaired) electrons. The van der Waals surface area contributed by atoms with Crippen LogP contribution >= 0.6 is 0 Å². The molecule has 3 rings (SSSR count). The monoisotopic (exact) mass is 245 g/mol. The summed E-state index contributed by atoms with van der Waals surface area (Å²) < 4.78 is 6.88. The number of aromatic nitrogens is 3. The normalized spacial score (nSPS) is 24.0. The average Bonchev–Trinajstić information content (AvgIpc) is 3.01. The molecule has 2 atom stereocenters. The number of carbonyl (C=O) groups is 1. The first-order valence-corrected chi connectivity index (χ1v) is 5.56. The van der Waals surface area contributed by atoms with Crippen molar-refractivity contribution in [1.29, 1.82) is 0 Å². The van der Waals surface area contributed by atoms with Gasteiger partial charge in [0, 0.05) is 12.5 Å². The summed E-state index contributed by atoms with van der Waals surface area (Å²) >= 11 is 0. The van der Waals surface area contributed by atoms with Gasteiger partial charge in [0.05, 0.1) is 12.2 Å². The molecule has 0 bridgehead atoms. The van der Waals surface area contributed by atoms with Gasteiger partial charge in [-0.2, -0.15) is 5.10 Å². The lowest BCUT2D eigenvalue weighted by Gasteiger charge is -2.27. The Morgan fingerprint density at radius 3 is 3.06 bits per heavy atom. The number of furan rings is 1. The highest BCUT2D eigenvalue weighted by Gasteiger charge is 2.36. The first-order valence-electron chi connectivity index (χ1n) is 5.56. The van der Waals surface area contributed by atoms with Crippen LogP contribution in [0.3, 0.4) is 0 Å². The van der Waals surface area contributed by atoms with E-state index in [-0.39, 0.29) is 23.9 Å².